The molecule has 0 spiro atoms. The molecule has 0 radical (unpaired) electrons. The van der Waals surface area contributed by atoms with Crippen LogP contribution in [0.2, 0.25) is 5.02 Å². The summed E-state index contributed by atoms with van der Waals surface area (Å²) in [6.45, 7) is 5.25. The van der Waals surface area contributed by atoms with Crippen molar-refractivity contribution in [2.75, 3.05) is 27.7 Å². The van der Waals surface area contributed by atoms with Crippen molar-refractivity contribution in [3.05, 3.63) is 58.4 Å². The van der Waals surface area contributed by atoms with Gasteiger partial charge < -0.3 is 19.7 Å². The summed E-state index contributed by atoms with van der Waals surface area (Å²) in [5.41, 5.74) is 3.67. The molecule has 0 unspecified atom stereocenters. The summed E-state index contributed by atoms with van der Waals surface area (Å²) in [5.74, 6) is 0.892. The highest BCUT2D eigenvalue weighted by Crippen LogP contribution is 2.14. The maximum Gasteiger partial charge on any atom is 0.194 e. The van der Waals surface area contributed by atoms with E-state index in [-0.39, 0.29) is 24.0 Å². The van der Waals surface area contributed by atoms with Crippen LogP contribution in [-0.4, -0.2) is 48.0 Å². The van der Waals surface area contributed by atoms with Crippen molar-refractivity contribution in [3.63, 3.8) is 0 Å². The number of guanidine groups is 1. The third-order valence-electron chi connectivity index (χ3n) is 4.07. The zero-order valence-corrected chi connectivity index (χ0v) is 20.0. The molecule has 0 aliphatic carbocycles. The summed E-state index contributed by atoms with van der Waals surface area (Å²) in [6.07, 6.45) is 1.92. The standard InChI is InChI=1S/C20H30ClN5.HI/c1-6-22-20(26(5)15-19-11-18(21)14-25(19)4)23-12-16-8-7-9-17(10-16)13-24(2)3;/h7-11,14H,6,12-13,15H2,1-5H3,(H,22,23);1H. The Bertz CT molecular complexity index is 742. The highest BCUT2D eigenvalue weighted by molar-refractivity contribution is 14.0. The van der Waals surface area contributed by atoms with Gasteiger partial charge >= 0.3 is 0 Å². The number of benzene rings is 1. The molecule has 5 nitrogen and oxygen atoms in total. The monoisotopic (exact) mass is 503 g/mol. The Morgan fingerprint density at radius 3 is 2.44 bits per heavy atom. The fourth-order valence-corrected chi connectivity index (χ4v) is 3.14. The molecule has 1 heterocycles. The molecule has 2 aromatic rings. The van der Waals surface area contributed by atoms with Crippen LogP contribution < -0.4 is 5.32 Å². The Balaban J connectivity index is 0.00000364. The highest BCUT2D eigenvalue weighted by Gasteiger charge is 2.10. The molecular formula is C20H31ClIN5. The topological polar surface area (TPSA) is 35.8 Å². The molecule has 1 N–H and O–H groups in total. The molecule has 0 bridgehead atoms. The van der Waals surface area contributed by atoms with Crippen LogP contribution in [0.25, 0.3) is 0 Å². The van der Waals surface area contributed by atoms with E-state index in [2.05, 4.69) is 60.4 Å². The van der Waals surface area contributed by atoms with E-state index in [1.54, 1.807) is 0 Å². The summed E-state index contributed by atoms with van der Waals surface area (Å²) in [7, 11) is 8.22. The van der Waals surface area contributed by atoms with E-state index in [1.807, 2.05) is 30.9 Å². The highest BCUT2D eigenvalue weighted by atomic mass is 127. The third kappa shape index (κ3) is 7.71. The average molecular weight is 504 g/mol. The lowest BCUT2D eigenvalue weighted by atomic mass is 10.1. The van der Waals surface area contributed by atoms with Crippen LogP contribution in [0.5, 0.6) is 0 Å². The molecule has 0 aliphatic rings. The summed E-state index contributed by atoms with van der Waals surface area (Å²) in [6, 6.07) is 10.6. The molecule has 27 heavy (non-hydrogen) atoms. The molecule has 2 rings (SSSR count). The summed E-state index contributed by atoms with van der Waals surface area (Å²) < 4.78 is 2.05. The second kappa shape index (κ2) is 11.6. The Morgan fingerprint density at radius 2 is 1.85 bits per heavy atom. The van der Waals surface area contributed by atoms with Gasteiger partial charge in [-0.05, 0) is 38.2 Å². The first kappa shape index (κ1) is 23.8. The fraction of sp³-hybridized carbons (Fsp3) is 0.450. The number of hydrogen-bond donors (Lipinski definition) is 1. The number of nitrogens with zero attached hydrogens (tertiary/aromatic N) is 4. The van der Waals surface area contributed by atoms with Crippen LogP contribution in [-0.2, 0) is 26.7 Å². The maximum absolute atomic E-state index is 6.09. The molecule has 7 heteroatoms. The van der Waals surface area contributed by atoms with Crippen LogP contribution in [0.15, 0.2) is 41.5 Å². The minimum Gasteiger partial charge on any atom is -0.357 e. The number of aryl methyl sites for hydroxylation is 1. The zero-order valence-electron chi connectivity index (χ0n) is 16.9. The molecule has 150 valence electrons. The van der Waals surface area contributed by atoms with E-state index in [0.717, 1.165) is 36.3 Å². The molecule has 0 aliphatic heterocycles. The number of nitrogens with one attached hydrogen (secondary N) is 1. The lowest BCUT2D eigenvalue weighted by Crippen LogP contribution is -2.38. The predicted molar refractivity (Wildman–Crippen MR) is 126 cm³/mol. The molecule has 1 aromatic carbocycles. The normalized spacial score (nSPS) is 11.4. The van der Waals surface area contributed by atoms with Crippen LogP contribution in [0.1, 0.15) is 23.7 Å². The Labute approximate surface area is 185 Å². The molecule has 0 saturated carbocycles. The summed E-state index contributed by atoms with van der Waals surface area (Å²) in [5, 5.41) is 4.13. The Kier molecular flexibility index (Phi) is 10.2. The number of rotatable bonds is 7. The molecular weight excluding hydrogens is 473 g/mol. The number of aromatic nitrogens is 1. The summed E-state index contributed by atoms with van der Waals surface area (Å²) in [4.78, 5) is 9.11. The smallest absolute Gasteiger partial charge is 0.194 e. The van der Waals surface area contributed by atoms with Crippen LogP contribution in [0.3, 0.4) is 0 Å². The van der Waals surface area contributed by atoms with Gasteiger partial charge in [0.15, 0.2) is 5.96 Å². The van der Waals surface area contributed by atoms with Crippen molar-refractivity contribution < 1.29 is 0 Å². The lowest BCUT2D eigenvalue weighted by Gasteiger charge is -2.22. The van der Waals surface area contributed by atoms with E-state index < -0.39 is 0 Å². The van der Waals surface area contributed by atoms with Gasteiger partial charge in [-0.15, -0.1) is 24.0 Å². The lowest BCUT2D eigenvalue weighted by molar-refractivity contribution is 0.402. The second-order valence-electron chi connectivity index (χ2n) is 6.84. The number of halogens is 2. The van der Waals surface area contributed by atoms with E-state index in [9.17, 15) is 0 Å². The molecule has 0 fully saturated rings. The SMILES string of the molecule is CCNC(=NCc1cccc(CN(C)C)c1)N(C)Cc1cc(Cl)cn1C.I. The zero-order chi connectivity index (χ0) is 19.1. The van der Waals surface area contributed by atoms with Gasteiger partial charge in [0.05, 0.1) is 18.1 Å². The average Bonchev–Trinajstić information content (AvgIpc) is 2.88. The molecule has 1 aromatic heterocycles. The van der Waals surface area contributed by atoms with Gasteiger partial charge in [-0.2, -0.15) is 0 Å². The van der Waals surface area contributed by atoms with E-state index in [4.69, 9.17) is 16.6 Å². The van der Waals surface area contributed by atoms with Gasteiger partial charge in [-0.3, -0.25) is 0 Å². The quantitative estimate of drug-likeness (QED) is 0.353. The van der Waals surface area contributed by atoms with E-state index >= 15 is 0 Å². The van der Waals surface area contributed by atoms with Crippen LogP contribution in [0, 0.1) is 0 Å². The van der Waals surface area contributed by atoms with Crippen molar-refractivity contribution in [2.45, 2.75) is 26.6 Å². The minimum atomic E-state index is 0. The minimum absolute atomic E-state index is 0. The first-order valence-electron chi connectivity index (χ1n) is 8.91. The fourth-order valence-electron chi connectivity index (χ4n) is 2.87. The van der Waals surface area contributed by atoms with Gasteiger partial charge in [0.25, 0.3) is 0 Å². The van der Waals surface area contributed by atoms with Crippen molar-refractivity contribution >= 4 is 41.5 Å². The number of hydrogen-bond acceptors (Lipinski definition) is 2. The first-order chi connectivity index (χ1) is 12.4. The van der Waals surface area contributed by atoms with Gasteiger partial charge in [-0.1, -0.05) is 35.9 Å². The van der Waals surface area contributed by atoms with Gasteiger partial charge in [0.2, 0.25) is 0 Å². The van der Waals surface area contributed by atoms with Crippen molar-refractivity contribution in [3.8, 4) is 0 Å². The molecule has 0 amide bonds. The van der Waals surface area contributed by atoms with Crippen molar-refractivity contribution in [1.82, 2.24) is 19.7 Å². The first-order valence-corrected chi connectivity index (χ1v) is 9.29. The number of aliphatic imine (C=N–C) groups is 1. The van der Waals surface area contributed by atoms with E-state index in [1.165, 1.54) is 11.1 Å². The molecule has 0 atom stereocenters. The largest absolute Gasteiger partial charge is 0.357 e. The van der Waals surface area contributed by atoms with Crippen molar-refractivity contribution in [1.29, 1.82) is 0 Å². The van der Waals surface area contributed by atoms with Crippen molar-refractivity contribution in [2.24, 2.45) is 12.0 Å². The van der Waals surface area contributed by atoms with E-state index in [0.29, 0.717) is 6.54 Å². The van der Waals surface area contributed by atoms with Crippen LogP contribution in [0.4, 0.5) is 0 Å². The maximum atomic E-state index is 6.09. The third-order valence-corrected chi connectivity index (χ3v) is 4.28. The van der Waals surface area contributed by atoms with Gasteiger partial charge in [0, 0.05) is 39.1 Å². The Hall–Kier alpha value is -1.25. The molecule has 0 saturated heterocycles. The summed E-state index contributed by atoms with van der Waals surface area (Å²) >= 11 is 6.09. The Morgan fingerprint density at radius 1 is 1.15 bits per heavy atom. The van der Waals surface area contributed by atoms with Crippen LogP contribution >= 0.6 is 35.6 Å². The van der Waals surface area contributed by atoms with Gasteiger partial charge in [-0.25, -0.2) is 4.99 Å². The predicted octanol–water partition coefficient (Wildman–Crippen LogP) is 3.96. The van der Waals surface area contributed by atoms with Gasteiger partial charge in [0.1, 0.15) is 0 Å². The second-order valence-corrected chi connectivity index (χ2v) is 7.28.